The smallest absolute Gasteiger partial charge is 0.224 e. The molecule has 0 atom stereocenters. The molecule has 0 bridgehead atoms. The van der Waals surface area contributed by atoms with E-state index in [0.29, 0.717) is 18.8 Å². The number of aromatic amines is 2. The predicted molar refractivity (Wildman–Crippen MR) is 173 cm³/mol. The second kappa shape index (κ2) is 11.6. The highest BCUT2D eigenvalue weighted by Crippen LogP contribution is 2.36. The van der Waals surface area contributed by atoms with Crippen LogP contribution in [-0.2, 0) is 11.2 Å². The summed E-state index contributed by atoms with van der Waals surface area (Å²) in [6.45, 7) is 2.03. The van der Waals surface area contributed by atoms with Crippen LogP contribution in [0.15, 0.2) is 78.6 Å². The molecule has 2 aliphatic rings. The van der Waals surface area contributed by atoms with Crippen LogP contribution in [0.5, 0.6) is 0 Å². The molecule has 1 amide bonds. The van der Waals surface area contributed by atoms with Gasteiger partial charge in [-0.3, -0.25) is 14.9 Å². The number of rotatable bonds is 6. The molecule has 3 aromatic heterocycles. The second-order valence-electron chi connectivity index (χ2n) is 12.1. The number of aryl methyl sites for hydroxylation is 1. The van der Waals surface area contributed by atoms with Crippen molar-refractivity contribution in [3.8, 4) is 22.6 Å². The molecule has 7 rings (SSSR count). The molecule has 0 aliphatic heterocycles. The first-order valence-electron chi connectivity index (χ1n) is 15.3. The Morgan fingerprint density at radius 2 is 1.84 bits per heavy atom. The SMILES string of the molecule is Cc1cc(NC(=O)CC2CCCCC2)cc(-c2cc3c(-c4cc5c([nH]4)CC(N)=CC=C5c4ccc(F)cc4)n[nH]c3cn2)c1. The van der Waals surface area contributed by atoms with Crippen LogP contribution in [-0.4, -0.2) is 26.1 Å². The highest BCUT2D eigenvalue weighted by molar-refractivity contribution is 5.96. The highest BCUT2D eigenvalue weighted by Gasteiger charge is 2.21. The minimum absolute atomic E-state index is 0.0741. The van der Waals surface area contributed by atoms with E-state index in [1.807, 2.05) is 37.3 Å². The lowest BCUT2D eigenvalue weighted by molar-refractivity contribution is -0.117. The summed E-state index contributed by atoms with van der Waals surface area (Å²) >= 11 is 0. The lowest BCUT2D eigenvalue weighted by atomic mass is 9.87. The highest BCUT2D eigenvalue weighted by atomic mass is 19.1. The molecule has 7 nitrogen and oxygen atoms in total. The van der Waals surface area contributed by atoms with Crippen molar-refractivity contribution in [3.63, 3.8) is 0 Å². The fourth-order valence-corrected chi connectivity index (χ4v) is 6.58. The first kappa shape index (κ1) is 27.8. The van der Waals surface area contributed by atoms with E-state index in [9.17, 15) is 9.18 Å². The number of H-pyrrole nitrogens is 2. The quantitative estimate of drug-likeness (QED) is 0.163. The van der Waals surface area contributed by atoms with E-state index in [1.54, 1.807) is 18.3 Å². The van der Waals surface area contributed by atoms with Crippen LogP contribution in [0.4, 0.5) is 10.1 Å². The van der Waals surface area contributed by atoms with Gasteiger partial charge in [0.15, 0.2) is 0 Å². The minimum atomic E-state index is -0.275. The number of hydrogen-bond acceptors (Lipinski definition) is 4. The molecule has 2 aromatic carbocycles. The van der Waals surface area contributed by atoms with Crippen LogP contribution in [0.3, 0.4) is 0 Å². The van der Waals surface area contributed by atoms with E-state index >= 15 is 0 Å². The van der Waals surface area contributed by atoms with E-state index < -0.39 is 0 Å². The van der Waals surface area contributed by atoms with Crippen molar-refractivity contribution in [3.05, 3.63) is 107 Å². The molecule has 2 aliphatic carbocycles. The Bertz CT molecular complexity index is 1920. The average molecular weight is 587 g/mol. The number of pyridine rings is 1. The predicted octanol–water partition coefficient (Wildman–Crippen LogP) is 7.81. The number of amides is 1. The molecule has 0 radical (unpaired) electrons. The van der Waals surface area contributed by atoms with Crippen LogP contribution in [0.25, 0.3) is 39.1 Å². The van der Waals surface area contributed by atoms with Crippen molar-refractivity contribution >= 4 is 28.1 Å². The number of fused-ring (bicyclic) bond motifs is 2. The van der Waals surface area contributed by atoms with E-state index in [1.165, 1.54) is 31.4 Å². The number of halogens is 1. The summed E-state index contributed by atoms with van der Waals surface area (Å²) < 4.78 is 13.7. The van der Waals surface area contributed by atoms with Gasteiger partial charge in [0.25, 0.3) is 0 Å². The van der Waals surface area contributed by atoms with E-state index in [-0.39, 0.29) is 11.7 Å². The Balaban J connectivity index is 1.20. The van der Waals surface area contributed by atoms with Crippen molar-refractivity contribution in [2.45, 2.75) is 51.9 Å². The van der Waals surface area contributed by atoms with E-state index in [2.05, 4.69) is 32.6 Å². The van der Waals surface area contributed by atoms with Crippen LogP contribution < -0.4 is 11.1 Å². The number of carbonyl (C=O) groups is 1. The normalized spacial score (nSPS) is 15.4. The Hall–Kier alpha value is -4.98. The summed E-state index contributed by atoms with van der Waals surface area (Å²) in [7, 11) is 0. The number of aromatic nitrogens is 4. The van der Waals surface area contributed by atoms with Gasteiger partial charge in [-0.25, -0.2) is 4.39 Å². The van der Waals surface area contributed by atoms with Crippen molar-refractivity contribution in [2.24, 2.45) is 11.7 Å². The van der Waals surface area contributed by atoms with Gasteiger partial charge < -0.3 is 16.0 Å². The van der Waals surface area contributed by atoms with Gasteiger partial charge in [0.1, 0.15) is 11.5 Å². The van der Waals surface area contributed by atoms with Crippen molar-refractivity contribution in [1.29, 1.82) is 0 Å². The maximum absolute atomic E-state index is 13.7. The number of hydrogen-bond donors (Lipinski definition) is 4. The molecule has 3 heterocycles. The van der Waals surface area contributed by atoms with Gasteiger partial charge in [-0.1, -0.05) is 37.5 Å². The zero-order chi connectivity index (χ0) is 30.2. The maximum atomic E-state index is 13.7. The summed E-state index contributed by atoms with van der Waals surface area (Å²) in [5.74, 6) is 0.280. The van der Waals surface area contributed by atoms with Crippen molar-refractivity contribution in [1.82, 2.24) is 20.2 Å². The molecule has 0 unspecified atom stereocenters. The van der Waals surface area contributed by atoms with Crippen LogP contribution >= 0.6 is 0 Å². The Morgan fingerprint density at radius 1 is 1.02 bits per heavy atom. The lowest BCUT2D eigenvalue weighted by Crippen LogP contribution is -2.18. The molecule has 5 N–H and O–H groups in total. The van der Waals surface area contributed by atoms with Crippen LogP contribution in [0.1, 0.15) is 60.9 Å². The Labute approximate surface area is 255 Å². The maximum Gasteiger partial charge on any atom is 0.224 e. The molecule has 0 saturated heterocycles. The third-order valence-electron chi connectivity index (χ3n) is 8.75. The number of nitrogens with zero attached hydrogens (tertiary/aromatic N) is 2. The van der Waals surface area contributed by atoms with E-state index in [4.69, 9.17) is 10.7 Å². The Morgan fingerprint density at radius 3 is 2.66 bits per heavy atom. The first-order chi connectivity index (χ1) is 21.4. The number of nitrogens with two attached hydrogens (primary N) is 1. The lowest BCUT2D eigenvalue weighted by Gasteiger charge is -2.21. The van der Waals surface area contributed by atoms with Gasteiger partial charge in [-0.2, -0.15) is 5.10 Å². The third-order valence-corrected chi connectivity index (χ3v) is 8.75. The molecular formula is C36H35FN6O. The third kappa shape index (κ3) is 5.67. The first-order valence-corrected chi connectivity index (χ1v) is 15.3. The van der Waals surface area contributed by atoms with Crippen LogP contribution in [0, 0.1) is 18.7 Å². The molecule has 1 saturated carbocycles. The van der Waals surface area contributed by atoms with Crippen LogP contribution in [0.2, 0.25) is 0 Å². The molecule has 5 aromatic rings. The fourth-order valence-electron chi connectivity index (χ4n) is 6.58. The summed E-state index contributed by atoms with van der Waals surface area (Å²) in [6.07, 6.45) is 12.8. The average Bonchev–Trinajstić information content (AvgIpc) is 3.58. The van der Waals surface area contributed by atoms with Gasteiger partial charge in [0.2, 0.25) is 5.91 Å². The minimum Gasteiger partial charge on any atom is -0.402 e. The summed E-state index contributed by atoms with van der Waals surface area (Å²) in [4.78, 5) is 21.1. The van der Waals surface area contributed by atoms with Gasteiger partial charge in [0.05, 0.1) is 23.1 Å². The number of allylic oxidation sites excluding steroid dienone is 3. The van der Waals surface area contributed by atoms with Gasteiger partial charge >= 0.3 is 0 Å². The standard InChI is InChI=1S/C36H35FN6O/c1-21-13-24(16-27(14-21)40-35(44)15-22-5-3-2-4-6-22)31-19-30-34(20-39-31)42-43-36(30)33-18-29-28(23-7-9-25(37)10-8-23)12-11-26(38)17-32(29)41-33/h7-14,16,18-20,22,41H,2-6,15,17,38H2,1H3,(H,40,44)(H,42,43). The fraction of sp³-hybridized carbons (Fsp3) is 0.250. The van der Waals surface area contributed by atoms with E-state index in [0.717, 1.165) is 85.7 Å². The number of benzene rings is 2. The molecule has 0 spiro atoms. The number of nitrogens with one attached hydrogen (secondary N) is 3. The molecular weight excluding hydrogens is 551 g/mol. The van der Waals surface area contributed by atoms with Crippen molar-refractivity contribution < 1.29 is 9.18 Å². The molecule has 8 heteroatoms. The zero-order valence-corrected chi connectivity index (χ0v) is 24.7. The van der Waals surface area contributed by atoms with Gasteiger partial charge in [-0.05, 0) is 90.9 Å². The monoisotopic (exact) mass is 586 g/mol. The summed E-state index contributed by atoms with van der Waals surface area (Å²) in [5.41, 5.74) is 16.9. The summed E-state index contributed by atoms with van der Waals surface area (Å²) in [5, 5.41) is 11.8. The molecule has 1 fully saturated rings. The second-order valence-corrected chi connectivity index (χ2v) is 12.1. The Kier molecular flexibility index (Phi) is 7.34. The topological polar surface area (TPSA) is 112 Å². The van der Waals surface area contributed by atoms with Gasteiger partial charge in [0, 0.05) is 46.4 Å². The largest absolute Gasteiger partial charge is 0.402 e. The molecule has 222 valence electrons. The number of carbonyl (C=O) groups excluding carboxylic acids is 1. The summed E-state index contributed by atoms with van der Waals surface area (Å²) in [6, 6.07) is 16.7. The van der Waals surface area contributed by atoms with Gasteiger partial charge in [-0.15, -0.1) is 0 Å². The van der Waals surface area contributed by atoms with Crippen molar-refractivity contribution in [2.75, 3.05) is 5.32 Å². The molecule has 44 heavy (non-hydrogen) atoms. The zero-order valence-electron chi connectivity index (χ0n) is 24.7. The number of anilines is 1.